The summed E-state index contributed by atoms with van der Waals surface area (Å²) in [6, 6.07) is 34.6. The van der Waals surface area contributed by atoms with E-state index in [0.717, 1.165) is 11.1 Å². The number of benzene rings is 6. The molecule has 0 radical (unpaired) electrons. The standard InChI is InChI=1S/C17H17NO4.C16H15NO4.C9H10O3.C8H9NO2.CH4.BBr3/c1-11-9-14(21-2)7-8-15(11)16(19)18-13-6-4-5-12(10-13)17(20)22-3;1-10-8-13(21-2)6-7-14(10)15(18)17-12-5-3-4-11(9-12)16(19)20;1-6-5-7(12-2)3-4-8(6)9(10)11;1-11-8(10)6-3-2-4-7(9)5-6;;2-1(3)4/h4-10H,1-3H3,(H,18,19);3-9H,1-2H3,(H,17,18)(H,19,20);3-5H,1-2H3,(H,10,11);2-5H,9H2,1H3;1H4;. The predicted octanol–water partition coefficient (Wildman–Crippen LogP) is 11.5. The van der Waals surface area contributed by atoms with E-state index in [9.17, 15) is 28.8 Å². The molecule has 0 bridgehead atoms. The molecule has 16 nitrogen and oxygen atoms in total. The number of methoxy groups -OCH3 is 5. The van der Waals surface area contributed by atoms with E-state index in [4.69, 9.17) is 30.2 Å². The molecule has 0 saturated carbocycles. The van der Waals surface area contributed by atoms with Gasteiger partial charge in [-0.15, -0.1) is 47.3 Å². The first-order chi connectivity index (χ1) is 33.2. The maximum absolute atomic E-state index is 12.3. The Bertz CT molecular complexity index is 2750. The lowest BCUT2D eigenvalue weighted by Gasteiger charge is -2.10. The average molecular weight is 1170 g/mol. The van der Waals surface area contributed by atoms with Crippen molar-refractivity contribution >= 4 is 103 Å². The van der Waals surface area contributed by atoms with E-state index >= 15 is 0 Å². The van der Waals surface area contributed by atoms with Gasteiger partial charge in [0.05, 0.1) is 57.8 Å². The number of amides is 2. The number of hydrogen-bond acceptors (Lipinski definition) is 12. The van der Waals surface area contributed by atoms with Crippen LogP contribution in [0.2, 0.25) is 0 Å². The van der Waals surface area contributed by atoms with Crippen LogP contribution in [0.1, 0.15) is 86.3 Å². The number of nitrogens with two attached hydrogens (primary N) is 1. The number of nitrogens with one attached hydrogen (secondary N) is 2. The number of aromatic carboxylic acids is 2. The van der Waals surface area contributed by atoms with Crippen molar-refractivity contribution in [3.05, 3.63) is 177 Å². The molecule has 0 spiro atoms. The molecule has 376 valence electrons. The number of carboxylic acid groups (broad SMARTS) is 2. The molecule has 6 aromatic carbocycles. The number of carbonyl (C=O) groups excluding carboxylic acids is 4. The van der Waals surface area contributed by atoms with Crippen molar-refractivity contribution in [2.75, 3.05) is 51.9 Å². The lowest BCUT2D eigenvalue weighted by molar-refractivity contribution is 0.0592. The molecule has 6 N–H and O–H groups in total. The van der Waals surface area contributed by atoms with E-state index in [1.54, 1.807) is 137 Å². The second-order valence-electron chi connectivity index (χ2n) is 14.1. The fraction of sp³-hybridized carbons (Fsp3) is 0.176. The zero-order valence-electron chi connectivity index (χ0n) is 39.3. The normalized spacial score (nSPS) is 9.45. The third-order valence-corrected chi connectivity index (χ3v) is 9.24. The lowest BCUT2D eigenvalue weighted by atomic mass is 10.1. The molecule has 0 aliphatic heterocycles. The third kappa shape index (κ3) is 21.6. The van der Waals surface area contributed by atoms with Crippen LogP contribution >= 0.6 is 47.3 Å². The van der Waals surface area contributed by atoms with Crippen LogP contribution in [0.5, 0.6) is 17.2 Å². The monoisotopic (exact) mass is 1170 g/mol. The van der Waals surface area contributed by atoms with E-state index in [1.807, 2.05) is 13.8 Å². The highest BCUT2D eigenvalue weighted by molar-refractivity contribution is 9.69. The molecule has 20 heteroatoms. The van der Waals surface area contributed by atoms with Crippen LogP contribution in [0.25, 0.3) is 0 Å². The highest BCUT2D eigenvalue weighted by Crippen LogP contribution is 2.21. The average Bonchev–Trinajstić information content (AvgIpc) is 3.33. The van der Waals surface area contributed by atoms with Crippen LogP contribution < -0.4 is 30.6 Å². The molecule has 0 unspecified atom stereocenters. The van der Waals surface area contributed by atoms with E-state index in [0.29, 0.717) is 67.7 Å². The van der Waals surface area contributed by atoms with Gasteiger partial charge in [-0.1, -0.05) is 25.6 Å². The number of carbonyl (C=O) groups is 6. The summed E-state index contributed by atoms with van der Waals surface area (Å²) in [6.07, 6.45) is 0. The second kappa shape index (κ2) is 31.9. The van der Waals surface area contributed by atoms with Crippen molar-refractivity contribution in [2.45, 2.75) is 28.2 Å². The summed E-state index contributed by atoms with van der Waals surface area (Å²) in [5, 5.41) is 23.1. The Morgan fingerprint density at radius 2 is 0.817 bits per heavy atom. The summed E-state index contributed by atoms with van der Waals surface area (Å²) in [4.78, 5) is 68.4. The SMILES string of the molecule is BrB(Br)Br.C.COC(=O)c1cccc(N)c1.COC(=O)c1cccc(NC(=O)c2ccc(OC)cc2C)c1.COc1ccc(C(=O)Nc2cccc(C(=O)O)c2)c(C)c1.COc1ccc(C(=O)O)c(C)c1. The van der Waals surface area contributed by atoms with Crippen molar-refractivity contribution in [1.29, 1.82) is 0 Å². The molecular formula is C51H55BBr3N3O13. The van der Waals surface area contributed by atoms with Gasteiger partial charge in [0.15, 0.2) is 0 Å². The molecule has 0 fully saturated rings. The molecule has 0 heterocycles. The topological polar surface area (TPSA) is 239 Å². The van der Waals surface area contributed by atoms with E-state index in [-0.39, 0.29) is 34.0 Å². The minimum atomic E-state index is -1.04. The largest absolute Gasteiger partial charge is 0.497 e. The first-order valence-electron chi connectivity index (χ1n) is 20.4. The van der Waals surface area contributed by atoms with Gasteiger partial charge < -0.3 is 50.3 Å². The number of anilines is 3. The quantitative estimate of drug-likeness (QED) is 0.0461. The molecular weight excluding hydrogens is 1110 g/mol. The van der Waals surface area contributed by atoms with E-state index in [2.05, 4.69) is 67.4 Å². The van der Waals surface area contributed by atoms with Crippen LogP contribution in [-0.4, -0.2) is 84.6 Å². The van der Waals surface area contributed by atoms with Gasteiger partial charge in [0.25, 0.3) is 11.8 Å². The fourth-order valence-electron chi connectivity index (χ4n) is 5.79. The molecule has 0 aliphatic rings. The highest BCUT2D eigenvalue weighted by Gasteiger charge is 2.14. The van der Waals surface area contributed by atoms with E-state index < -0.39 is 17.9 Å². The Kier molecular flexibility index (Phi) is 27.8. The Morgan fingerprint density at radius 3 is 1.14 bits per heavy atom. The van der Waals surface area contributed by atoms with Crippen LogP contribution in [0.15, 0.2) is 127 Å². The highest BCUT2D eigenvalue weighted by atomic mass is 79.9. The summed E-state index contributed by atoms with van der Waals surface area (Å²) >= 11 is 9.31. The number of esters is 2. The molecule has 6 aromatic rings. The first-order valence-corrected chi connectivity index (χ1v) is 23.1. The zero-order valence-corrected chi connectivity index (χ0v) is 44.1. The number of rotatable bonds is 11. The summed E-state index contributed by atoms with van der Waals surface area (Å²) in [5.41, 5.74) is 11.6. The van der Waals surface area contributed by atoms with Crippen molar-refractivity contribution in [3.63, 3.8) is 0 Å². The fourth-order valence-corrected chi connectivity index (χ4v) is 5.79. The van der Waals surface area contributed by atoms with Crippen molar-refractivity contribution in [1.82, 2.24) is 0 Å². The van der Waals surface area contributed by atoms with Crippen LogP contribution in [-0.2, 0) is 9.47 Å². The maximum Gasteiger partial charge on any atom is 0.369 e. The summed E-state index contributed by atoms with van der Waals surface area (Å²) < 4.78 is 24.6. The second-order valence-corrected chi connectivity index (χ2v) is 20.5. The number of carboxylic acids is 2. The number of halogens is 3. The first kappa shape index (κ1) is 61.9. The lowest BCUT2D eigenvalue weighted by Crippen LogP contribution is -2.14. The Hall–Kier alpha value is -7.16. The Labute approximate surface area is 438 Å². The molecule has 71 heavy (non-hydrogen) atoms. The van der Waals surface area contributed by atoms with Gasteiger partial charge in [0.1, 0.15) is 17.2 Å². The van der Waals surface area contributed by atoms with E-state index in [1.165, 1.54) is 32.4 Å². The summed E-state index contributed by atoms with van der Waals surface area (Å²) in [6.45, 7) is 5.39. The summed E-state index contributed by atoms with van der Waals surface area (Å²) in [5.74, 6) is -1.24. The minimum Gasteiger partial charge on any atom is -0.497 e. The van der Waals surface area contributed by atoms with Gasteiger partial charge in [0, 0.05) is 28.2 Å². The molecule has 6 rings (SSSR count). The van der Waals surface area contributed by atoms with Gasteiger partial charge in [-0.05, 0) is 147 Å². The van der Waals surface area contributed by atoms with Crippen molar-refractivity contribution in [2.24, 2.45) is 0 Å². The number of ether oxygens (including phenoxy) is 5. The third-order valence-electron chi connectivity index (χ3n) is 9.24. The number of aryl methyl sites for hydroxylation is 3. The number of nitrogen functional groups attached to an aromatic ring is 1. The van der Waals surface area contributed by atoms with Crippen LogP contribution in [0.4, 0.5) is 17.1 Å². The Balaban J connectivity index is 0.000000476. The van der Waals surface area contributed by atoms with Crippen LogP contribution in [0.3, 0.4) is 0 Å². The molecule has 2 amide bonds. The molecule has 0 atom stereocenters. The molecule has 0 saturated heterocycles. The minimum absolute atomic E-state index is 0. The van der Waals surface area contributed by atoms with Crippen LogP contribution in [0, 0.1) is 20.8 Å². The van der Waals surface area contributed by atoms with Crippen molar-refractivity contribution < 1.29 is 62.7 Å². The van der Waals surface area contributed by atoms with Gasteiger partial charge in [-0.25, -0.2) is 19.2 Å². The molecule has 0 aromatic heterocycles. The summed E-state index contributed by atoms with van der Waals surface area (Å²) in [7, 11) is 7.34. The van der Waals surface area contributed by atoms with Gasteiger partial charge >= 0.3 is 27.1 Å². The predicted molar refractivity (Wildman–Crippen MR) is 289 cm³/mol. The zero-order chi connectivity index (χ0) is 52.5. The maximum atomic E-state index is 12.3. The Morgan fingerprint density at radius 1 is 0.479 bits per heavy atom. The van der Waals surface area contributed by atoms with Gasteiger partial charge in [0.2, 0.25) is 0 Å². The molecule has 0 aliphatic carbocycles. The van der Waals surface area contributed by atoms with Gasteiger partial charge in [-0.2, -0.15) is 0 Å². The van der Waals surface area contributed by atoms with Crippen molar-refractivity contribution in [3.8, 4) is 17.2 Å². The smallest absolute Gasteiger partial charge is 0.369 e. The van der Waals surface area contributed by atoms with Gasteiger partial charge in [-0.3, -0.25) is 9.59 Å². The number of hydrogen-bond donors (Lipinski definition) is 5.